The molecule has 6 heteroatoms. The van der Waals surface area contributed by atoms with Crippen LogP contribution in [0.25, 0.3) is 0 Å². The number of aryl methyl sites for hydroxylation is 1. The molecule has 1 heterocycles. The zero-order valence-electron chi connectivity index (χ0n) is 14.3. The molecule has 2 aromatic rings. The van der Waals surface area contributed by atoms with Gasteiger partial charge in [-0.2, -0.15) is 0 Å². The number of hydrogen-bond donors (Lipinski definition) is 1. The number of nitrogens with zero attached hydrogens (tertiary/aromatic N) is 1. The van der Waals surface area contributed by atoms with Crippen LogP contribution in [-0.2, 0) is 11.2 Å². The van der Waals surface area contributed by atoms with Gasteiger partial charge in [-0.1, -0.05) is 41.4 Å². The molecule has 1 N–H and O–H groups in total. The highest BCUT2D eigenvalue weighted by atomic mass is 35.5. The Bertz CT molecular complexity index is 817. The Morgan fingerprint density at radius 1 is 1.00 bits per heavy atom. The second kappa shape index (κ2) is 8.56. The van der Waals surface area contributed by atoms with Crippen LogP contribution in [0.5, 0.6) is 0 Å². The third-order valence-electron chi connectivity index (χ3n) is 4.45. The average molecular weight is 391 g/mol. The standard InChI is InChI=1S/C20H20Cl2N2O2/c21-16-9-7-14(13-17(16)22)8-10-19(25)23-18-6-2-1-5-15(18)20(26)24-11-3-4-12-24/h1-2,5-7,9,13H,3-4,8,10-12H2,(H,23,25). The molecule has 0 bridgehead atoms. The summed E-state index contributed by atoms with van der Waals surface area (Å²) in [4.78, 5) is 26.8. The minimum Gasteiger partial charge on any atom is -0.339 e. The second-order valence-corrected chi connectivity index (χ2v) is 7.16. The molecule has 0 saturated carbocycles. The van der Waals surface area contributed by atoms with E-state index >= 15 is 0 Å². The highest BCUT2D eigenvalue weighted by Gasteiger charge is 2.22. The summed E-state index contributed by atoms with van der Waals surface area (Å²) in [7, 11) is 0. The molecule has 26 heavy (non-hydrogen) atoms. The molecule has 0 radical (unpaired) electrons. The van der Waals surface area contributed by atoms with Crippen molar-refractivity contribution in [2.75, 3.05) is 18.4 Å². The maximum absolute atomic E-state index is 12.6. The number of benzene rings is 2. The number of halogens is 2. The van der Waals surface area contributed by atoms with E-state index in [1.165, 1.54) is 0 Å². The van der Waals surface area contributed by atoms with Gasteiger partial charge < -0.3 is 10.2 Å². The third kappa shape index (κ3) is 4.57. The van der Waals surface area contributed by atoms with Gasteiger partial charge in [-0.05, 0) is 49.1 Å². The van der Waals surface area contributed by atoms with Gasteiger partial charge in [0.2, 0.25) is 5.91 Å². The number of rotatable bonds is 5. The molecule has 2 amide bonds. The van der Waals surface area contributed by atoms with E-state index in [9.17, 15) is 9.59 Å². The molecule has 0 aromatic heterocycles. The van der Waals surface area contributed by atoms with Crippen LogP contribution in [0.2, 0.25) is 10.0 Å². The topological polar surface area (TPSA) is 49.4 Å². The summed E-state index contributed by atoms with van der Waals surface area (Å²) in [6.07, 6.45) is 2.91. The van der Waals surface area contributed by atoms with Crippen LogP contribution in [0.4, 0.5) is 5.69 Å². The van der Waals surface area contributed by atoms with Gasteiger partial charge in [-0.15, -0.1) is 0 Å². The van der Waals surface area contributed by atoms with Crippen molar-refractivity contribution >= 4 is 40.7 Å². The van der Waals surface area contributed by atoms with E-state index < -0.39 is 0 Å². The first-order valence-corrected chi connectivity index (χ1v) is 9.42. The molecular weight excluding hydrogens is 371 g/mol. The Labute approximate surface area is 163 Å². The molecule has 0 unspecified atom stereocenters. The summed E-state index contributed by atoms with van der Waals surface area (Å²) in [5, 5.41) is 3.84. The zero-order valence-corrected chi connectivity index (χ0v) is 15.8. The van der Waals surface area contributed by atoms with Crippen LogP contribution < -0.4 is 5.32 Å². The van der Waals surface area contributed by atoms with Gasteiger partial charge in [-0.25, -0.2) is 0 Å². The normalized spacial score (nSPS) is 13.7. The maximum atomic E-state index is 12.6. The van der Waals surface area contributed by atoms with Crippen molar-refractivity contribution in [1.82, 2.24) is 4.90 Å². The van der Waals surface area contributed by atoms with Crippen LogP contribution in [0, 0.1) is 0 Å². The van der Waals surface area contributed by atoms with E-state index in [1.807, 2.05) is 23.1 Å². The van der Waals surface area contributed by atoms with Gasteiger partial charge in [0.15, 0.2) is 0 Å². The van der Waals surface area contributed by atoms with Crippen molar-refractivity contribution in [1.29, 1.82) is 0 Å². The summed E-state index contributed by atoms with van der Waals surface area (Å²) in [5.41, 5.74) is 2.04. The third-order valence-corrected chi connectivity index (χ3v) is 5.19. The van der Waals surface area contributed by atoms with Gasteiger partial charge in [-0.3, -0.25) is 9.59 Å². The van der Waals surface area contributed by atoms with Crippen LogP contribution in [0.15, 0.2) is 42.5 Å². The number of carbonyl (C=O) groups excluding carboxylic acids is 2. The Morgan fingerprint density at radius 2 is 1.73 bits per heavy atom. The van der Waals surface area contributed by atoms with E-state index in [2.05, 4.69) is 5.32 Å². The Morgan fingerprint density at radius 3 is 2.46 bits per heavy atom. The SMILES string of the molecule is O=C(CCc1ccc(Cl)c(Cl)c1)Nc1ccccc1C(=O)N1CCCC1. The van der Waals surface area contributed by atoms with E-state index in [-0.39, 0.29) is 11.8 Å². The molecule has 0 spiro atoms. The quantitative estimate of drug-likeness (QED) is 0.796. The van der Waals surface area contributed by atoms with E-state index in [0.29, 0.717) is 34.1 Å². The lowest BCUT2D eigenvalue weighted by Gasteiger charge is -2.18. The van der Waals surface area contributed by atoms with Crippen LogP contribution in [0.1, 0.15) is 35.2 Å². The largest absolute Gasteiger partial charge is 0.339 e. The Balaban J connectivity index is 1.63. The van der Waals surface area contributed by atoms with E-state index in [0.717, 1.165) is 31.5 Å². The first-order chi connectivity index (χ1) is 12.5. The van der Waals surface area contributed by atoms with Gasteiger partial charge in [0.05, 0.1) is 21.3 Å². The number of carbonyl (C=O) groups is 2. The lowest BCUT2D eigenvalue weighted by molar-refractivity contribution is -0.116. The molecular formula is C20H20Cl2N2O2. The zero-order chi connectivity index (χ0) is 18.5. The highest BCUT2D eigenvalue weighted by molar-refractivity contribution is 6.42. The van der Waals surface area contributed by atoms with Gasteiger partial charge >= 0.3 is 0 Å². The van der Waals surface area contributed by atoms with Crippen molar-refractivity contribution in [3.05, 3.63) is 63.6 Å². The Hall–Kier alpha value is -2.04. The number of anilines is 1. The molecule has 1 fully saturated rings. The maximum Gasteiger partial charge on any atom is 0.255 e. The minimum atomic E-state index is -0.141. The first kappa shape index (κ1) is 18.7. The molecule has 1 aliphatic rings. The predicted molar refractivity (Wildman–Crippen MR) is 105 cm³/mol. The van der Waals surface area contributed by atoms with Gasteiger partial charge in [0.25, 0.3) is 5.91 Å². The smallest absolute Gasteiger partial charge is 0.255 e. The molecule has 0 aliphatic carbocycles. The monoisotopic (exact) mass is 390 g/mol. The molecule has 3 rings (SSSR count). The summed E-state index contributed by atoms with van der Waals surface area (Å²) in [5.74, 6) is -0.166. The van der Waals surface area contributed by atoms with E-state index in [4.69, 9.17) is 23.2 Å². The number of amides is 2. The lowest BCUT2D eigenvalue weighted by atomic mass is 10.1. The van der Waals surface area contributed by atoms with E-state index in [1.54, 1.807) is 24.3 Å². The minimum absolute atomic E-state index is 0.0251. The van der Waals surface area contributed by atoms with Crippen LogP contribution >= 0.6 is 23.2 Å². The second-order valence-electron chi connectivity index (χ2n) is 6.34. The fourth-order valence-electron chi connectivity index (χ4n) is 3.03. The predicted octanol–water partition coefficient (Wildman–Crippen LogP) is 4.80. The highest BCUT2D eigenvalue weighted by Crippen LogP contribution is 2.24. The van der Waals surface area contributed by atoms with Crippen LogP contribution in [-0.4, -0.2) is 29.8 Å². The molecule has 136 valence electrons. The molecule has 2 aromatic carbocycles. The van der Waals surface area contributed by atoms with Gasteiger partial charge in [0.1, 0.15) is 0 Å². The molecule has 1 saturated heterocycles. The van der Waals surface area contributed by atoms with Crippen molar-refractivity contribution in [3.63, 3.8) is 0 Å². The van der Waals surface area contributed by atoms with Crippen LogP contribution in [0.3, 0.4) is 0 Å². The van der Waals surface area contributed by atoms with Crippen molar-refractivity contribution in [2.45, 2.75) is 25.7 Å². The fourth-order valence-corrected chi connectivity index (χ4v) is 3.36. The van der Waals surface area contributed by atoms with Crippen molar-refractivity contribution < 1.29 is 9.59 Å². The Kier molecular flexibility index (Phi) is 6.17. The van der Waals surface area contributed by atoms with Gasteiger partial charge in [0, 0.05) is 19.5 Å². The molecule has 1 aliphatic heterocycles. The number of hydrogen-bond acceptors (Lipinski definition) is 2. The summed E-state index contributed by atoms with van der Waals surface area (Å²) in [6, 6.07) is 12.5. The lowest BCUT2D eigenvalue weighted by Crippen LogP contribution is -2.28. The number of likely N-dealkylation sites (tertiary alicyclic amines) is 1. The number of nitrogens with one attached hydrogen (secondary N) is 1. The summed E-state index contributed by atoms with van der Waals surface area (Å²) in [6.45, 7) is 1.55. The molecule has 0 atom stereocenters. The summed E-state index contributed by atoms with van der Waals surface area (Å²) < 4.78 is 0. The number of para-hydroxylation sites is 1. The average Bonchev–Trinajstić information content (AvgIpc) is 3.17. The molecule has 4 nitrogen and oxygen atoms in total. The summed E-state index contributed by atoms with van der Waals surface area (Å²) >= 11 is 11.9. The first-order valence-electron chi connectivity index (χ1n) is 8.66. The fraction of sp³-hybridized carbons (Fsp3) is 0.300. The van der Waals surface area contributed by atoms with Crippen molar-refractivity contribution in [3.8, 4) is 0 Å². The van der Waals surface area contributed by atoms with Crippen molar-refractivity contribution in [2.24, 2.45) is 0 Å².